The topological polar surface area (TPSA) is 33.0 Å². The fourth-order valence-electron chi connectivity index (χ4n) is 2.22. The van der Waals surface area contributed by atoms with E-state index in [4.69, 9.17) is 4.74 Å². The van der Waals surface area contributed by atoms with Gasteiger partial charge in [0.1, 0.15) is 0 Å². The molecule has 1 aliphatic heterocycles. The summed E-state index contributed by atoms with van der Waals surface area (Å²) in [7, 11) is 0. The number of hydrogen-bond donors (Lipinski definition) is 0. The minimum absolute atomic E-state index is 0.323. The zero-order chi connectivity index (χ0) is 11.6. The van der Waals surface area contributed by atoms with Crippen LogP contribution in [-0.4, -0.2) is 13.2 Å². The third kappa shape index (κ3) is 1.83. The summed E-state index contributed by atoms with van der Waals surface area (Å²) in [4.78, 5) is 0. The van der Waals surface area contributed by atoms with Gasteiger partial charge in [-0.15, -0.1) is 0 Å². The van der Waals surface area contributed by atoms with Crippen molar-refractivity contribution in [3.63, 3.8) is 0 Å². The third-order valence-corrected chi connectivity index (χ3v) is 3.62. The highest BCUT2D eigenvalue weighted by molar-refractivity contribution is 5.38. The quantitative estimate of drug-likeness (QED) is 0.721. The summed E-state index contributed by atoms with van der Waals surface area (Å²) in [6.45, 7) is 5.59. The van der Waals surface area contributed by atoms with E-state index < -0.39 is 0 Å². The number of nitriles is 1. The number of hydrogen-bond acceptors (Lipinski definition) is 2. The summed E-state index contributed by atoms with van der Waals surface area (Å²) in [6, 6.07) is 8.86. The van der Waals surface area contributed by atoms with Gasteiger partial charge in [0.2, 0.25) is 0 Å². The molecule has 0 spiro atoms. The molecule has 1 aromatic rings. The molecule has 2 rings (SSSR count). The molecule has 1 fully saturated rings. The summed E-state index contributed by atoms with van der Waals surface area (Å²) in [5, 5.41) is 9.45. The molecular formula is C14H17NO. The lowest BCUT2D eigenvalue weighted by Crippen LogP contribution is -2.32. The van der Waals surface area contributed by atoms with Gasteiger partial charge in [-0.3, -0.25) is 0 Å². The van der Waals surface area contributed by atoms with Gasteiger partial charge in [0, 0.05) is 13.2 Å². The van der Waals surface area contributed by atoms with Crippen molar-refractivity contribution in [3.05, 3.63) is 34.9 Å². The van der Waals surface area contributed by atoms with E-state index in [-0.39, 0.29) is 5.41 Å². The Hall–Kier alpha value is -1.33. The van der Waals surface area contributed by atoms with Crippen molar-refractivity contribution in [2.24, 2.45) is 0 Å². The first-order valence-corrected chi connectivity index (χ1v) is 5.75. The van der Waals surface area contributed by atoms with E-state index in [1.54, 1.807) is 0 Å². The molecule has 0 bridgehead atoms. The van der Waals surface area contributed by atoms with Crippen LogP contribution in [-0.2, 0) is 10.2 Å². The minimum atomic E-state index is -0.323. The second kappa shape index (κ2) is 4.27. The number of benzene rings is 1. The molecule has 1 aliphatic rings. The first-order chi connectivity index (χ1) is 7.68. The normalized spacial score (nSPS) is 19.1. The Morgan fingerprint density at radius 2 is 1.88 bits per heavy atom. The number of ether oxygens (including phenoxy) is 1. The molecule has 0 aromatic heterocycles. The summed E-state index contributed by atoms with van der Waals surface area (Å²) in [6.07, 6.45) is 1.62. The number of aryl methyl sites for hydroxylation is 2. The van der Waals surface area contributed by atoms with Gasteiger partial charge < -0.3 is 4.74 Å². The highest BCUT2D eigenvalue weighted by Crippen LogP contribution is 2.34. The van der Waals surface area contributed by atoms with Crippen molar-refractivity contribution < 1.29 is 4.74 Å². The molecule has 84 valence electrons. The van der Waals surface area contributed by atoms with Crippen LogP contribution in [0.5, 0.6) is 0 Å². The van der Waals surface area contributed by atoms with E-state index in [0.717, 1.165) is 18.4 Å². The van der Waals surface area contributed by atoms with Crippen molar-refractivity contribution in [3.8, 4) is 6.07 Å². The molecular weight excluding hydrogens is 198 g/mol. The average Bonchev–Trinajstić information content (AvgIpc) is 2.33. The summed E-state index contributed by atoms with van der Waals surface area (Å²) < 4.78 is 5.35. The molecule has 0 amide bonds. The van der Waals surface area contributed by atoms with Crippen LogP contribution in [0.1, 0.15) is 29.5 Å². The SMILES string of the molecule is Cc1ccc(C2(C#N)CCOCC2)cc1C. The zero-order valence-electron chi connectivity index (χ0n) is 9.92. The summed E-state index contributed by atoms with van der Waals surface area (Å²) >= 11 is 0. The molecule has 16 heavy (non-hydrogen) atoms. The van der Waals surface area contributed by atoms with Crippen molar-refractivity contribution in [1.82, 2.24) is 0 Å². The van der Waals surface area contributed by atoms with Crippen LogP contribution >= 0.6 is 0 Å². The van der Waals surface area contributed by atoms with E-state index >= 15 is 0 Å². The van der Waals surface area contributed by atoms with Crippen LogP contribution < -0.4 is 0 Å². The molecule has 0 aliphatic carbocycles. The smallest absolute Gasteiger partial charge is 0.0866 e. The molecule has 1 saturated heterocycles. The van der Waals surface area contributed by atoms with Crippen molar-refractivity contribution in [1.29, 1.82) is 5.26 Å². The first-order valence-electron chi connectivity index (χ1n) is 5.75. The molecule has 0 unspecified atom stereocenters. The Balaban J connectivity index is 2.40. The van der Waals surface area contributed by atoms with E-state index in [0.29, 0.717) is 13.2 Å². The van der Waals surface area contributed by atoms with Gasteiger partial charge in [-0.25, -0.2) is 0 Å². The Bertz CT molecular complexity index is 425. The van der Waals surface area contributed by atoms with Gasteiger partial charge in [0.25, 0.3) is 0 Å². The van der Waals surface area contributed by atoms with Gasteiger partial charge >= 0.3 is 0 Å². The second-order valence-corrected chi connectivity index (χ2v) is 4.61. The Morgan fingerprint density at radius 3 is 2.44 bits per heavy atom. The maximum Gasteiger partial charge on any atom is 0.0866 e. The summed E-state index contributed by atoms with van der Waals surface area (Å²) in [5.41, 5.74) is 3.38. The largest absolute Gasteiger partial charge is 0.381 e. The Kier molecular flexibility index (Phi) is 2.98. The van der Waals surface area contributed by atoms with E-state index in [1.165, 1.54) is 11.1 Å². The van der Waals surface area contributed by atoms with E-state index in [2.05, 4.69) is 38.1 Å². The molecule has 0 N–H and O–H groups in total. The van der Waals surface area contributed by atoms with Gasteiger partial charge in [-0.2, -0.15) is 5.26 Å². The second-order valence-electron chi connectivity index (χ2n) is 4.61. The Morgan fingerprint density at radius 1 is 1.19 bits per heavy atom. The molecule has 0 saturated carbocycles. The van der Waals surface area contributed by atoms with Crippen LogP contribution in [0.25, 0.3) is 0 Å². The molecule has 0 radical (unpaired) electrons. The van der Waals surface area contributed by atoms with Gasteiger partial charge in [0.15, 0.2) is 0 Å². The fraction of sp³-hybridized carbons (Fsp3) is 0.500. The Labute approximate surface area is 96.9 Å². The maximum absolute atomic E-state index is 9.45. The van der Waals surface area contributed by atoms with Gasteiger partial charge in [0.05, 0.1) is 11.5 Å². The van der Waals surface area contributed by atoms with Crippen LogP contribution in [0.15, 0.2) is 18.2 Å². The lowest BCUT2D eigenvalue weighted by atomic mass is 9.75. The van der Waals surface area contributed by atoms with Gasteiger partial charge in [-0.1, -0.05) is 18.2 Å². The first kappa shape index (κ1) is 11.2. The fourth-order valence-corrected chi connectivity index (χ4v) is 2.22. The van der Waals surface area contributed by atoms with Crippen molar-refractivity contribution in [2.45, 2.75) is 32.1 Å². The highest BCUT2D eigenvalue weighted by Gasteiger charge is 2.34. The monoisotopic (exact) mass is 215 g/mol. The molecule has 2 nitrogen and oxygen atoms in total. The van der Waals surface area contributed by atoms with Gasteiger partial charge in [-0.05, 0) is 43.4 Å². The molecule has 0 atom stereocenters. The van der Waals surface area contributed by atoms with Crippen LogP contribution in [0.2, 0.25) is 0 Å². The van der Waals surface area contributed by atoms with Crippen LogP contribution in [0.3, 0.4) is 0 Å². The molecule has 1 heterocycles. The molecule has 2 heteroatoms. The highest BCUT2D eigenvalue weighted by atomic mass is 16.5. The standard InChI is InChI=1S/C14H17NO/c1-11-3-4-13(9-12(11)2)14(10-15)5-7-16-8-6-14/h3-4,9H,5-8H2,1-2H3. The minimum Gasteiger partial charge on any atom is -0.381 e. The number of rotatable bonds is 1. The lowest BCUT2D eigenvalue weighted by molar-refractivity contribution is 0.0675. The third-order valence-electron chi connectivity index (χ3n) is 3.62. The molecule has 1 aromatic carbocycles. The predicted octanol–water partition coefficient (Wildman–Crippen LogP) is 2.88. The van der Waals surface area contributed by atoms with E-state index in [9.17, 15) is 5.26 Å². The average molecular weight is 215 g/mol. The predicted molar refractivity (Wildman–Crippen MR) is 63.3 cm³/mol. The van der Waals surface area contributed by atoms with Crippen molar-refractivity contribution >= 4 is 0 Å². The summed E-state index contributed by atoms with van der Waals surface area (Å²) in [5.74, 6) is 0. The van der Waals surface area contributed by atoms with Crippen molar-refractivity contribution in [2.75, 3.05) is 13.2 Å². The van der Waals surface area contributed by atoms with Crippen LogP contribution in [0, 0.1) is 25.2 Å². The number of nitrogens with zero attached hydrogens (tertiary/aromatic N) is 1. The van der Waals surface area contributed by atoms with Crippen LogP contribution in [0.4, 0.5) is 0 Å². The maximum atomic E-state index is 9.45. The lowest BCUT2D eigenvalue weighted by Gasteiger charge is -2.31. The zero-order valence-corrected chi connectivity index (χ0v) is 9.92. The van der Waals surface area contributed by atoms with E-state index in [1.807, 2.05) is 0 Å².